The highest BCUT2D eigenvalue weighted by atomic mass is 19.4. The van der Waals surface area contributed by atoms with E-state index in [0.29, 0.717) is 0 Å². The molecule has 0 aromatic heterocycles. The van der Waals surface area contributed by atoms with Crippen molar-refractivity contribution in [3.8, 4) is 0 Å². The second-order valence-electron chi connectivity index (χ2n) is 3.58. The van der Waals surface area contributed by atoms with Crippen molar-refractivity contribution in [2.45, 2.75) is 38.0 Å². The average molecular weight is 220 g/mol. The number of halogens is 6. The van der Waals surface area contributed by atoms with Crippen molar-refractivity contribution in [2.24, 2.45) is 11.8 Å². The van der Waals surface area contributed by atoms with Crippen LogP contribution in [0.25, 0.3) is 0 Å². The van der Waals surface area contributed by atoms with Gasteiger partial charge in [0.05, 0.1) is 11.8 Å². The summed E-state index contributed by atoms with van der Waals surface area (Å²) in [6.07, 6.45) is -9.77. The molecular formula is C8H10F6. The van der Waals surface area contributed by atoms with Crippen LogP contribution in [0.3, 0.4) is 0 Å². The normalized spacial score (nSPS) is 30.4. The number of hydrogen-bond donors (Lipinski definition) is 0. The molecule has 0 heterocycles. The van der Waals surface area contributed by atoms with Crippen molar-refractivity contribution in [1.29, 1.82) is 0 Å². The van der Waals surface area contributed by atoms with Gasteiger partial charge in [-0.1, -0.05) is 12.8 Å². The molecule has 0 unspecified atom stereocenters. The molecule has 0 spiro atoms. The van der Waals surface area contributed by atoms with E-state index in [1.807, 2.05) is 0 Å². The summed E-state index contributed by atoms with van der Waals surface area (Å²) in [6.45, 7) is 0. The van der Waals surface area contributed by atoms with E-state index in [9.17, 15) is 26.3 Å². The zero-order chi connectivity index (χ0) is 11.0. The lowest BCUT2D eigenvalue weighted by atomic mass is 9.78. The third-order valence-corrected chi connectivity index (χ3v) is 2.61. The van der Waals surface area contributed by atoms with Crippen LogP contribution in [0.4, 0.5) is 26.3 Å². The second kappa shape index (κ2) is 3.62. The van der Waals surface area contributed by atoms with Crippen molar-refractivity contribution in [1.82, 2.24) is 0 Å². The largest absolute Gasteiger partial charge is 0.392 e. The lowest BCUT2D eigenvalue weighted by Gasteiger charge is -2.34. The Labute approximate surface area is 77.3 Å². The summed E-state index contributed by atoms with van der Waals surface area (Å²) in [5, 5.41) is 0. The van der Waals surface area contributed by atoms with Gasteiger partial charge in [-0.3, -0.25) is 0 Å². The lowest BCUT2D eigenvalue weighted by molar-refractivity contribution is -0.262. The molecule has 1 fully saturated rings. The minimum Gasteiger partial charge on any atom is -0.171 e. The Hall–Kier alpha value is -0.420. The Morgan fingerprint density at radius 1 is 0.643 bits per heavy atom. The first-order valence-corrected chi connectivity index (χ1v) is 4.36. The van der Waals surface area contributed by atoms with E-state index < -0.39 is 37.0 Å². The summed E-state index contributed by atoms with van der Waals surface area (Å²) in [5.41, 5.74) is 0. The van der Waals surface area contributed by atoms with Crippen LogP contribution < -0.4 is 0 Å². The molecule has 0 bridgehead atoms. The SMILES string of the molecule is FC(F)(F)[C@@H]1CCCC[C@@H]1C(F)(F)F. The fourth-order valence-electron chi connectivity index (χ4n) is 1.91. The summed E-state index contributed by atoms with van der Waals surface area (Å²) in [4.78, 5) is 0. The number of hydrogen-bond acceptors (Lipinski definition) is 0. The first-order chi connectivity index (χ1) is 6.23. The van der Waals surface area contributed by atoms with Gasteiger partial charge in [-0.15, -0.1) is 0 Å². The van der Waals surface area contributed by atoms with Gasteiger partial charge in [0.1, 0.15) is 0 Å². The maximum absolute atomic E-state index is 12.2. The molecule has 14 heavy (non-hydrogen) atoms. The van der Waals surface area contributed by atoms with Gasteiger partial charge < -0.3 is 0 Å². The van der Waals surface area contributed by atoms with Crippen LogP contribution in [0.2, 0.25) is 0 Å². The molecule has 0 N–H and O–H groups in total. The summed E-state index contributed by atoms with van der Waals surface area (Å²) in [6, 6.07) is 0. The molecule has 84 valence electrons. The van der Waals surface area contributed by atoms with Crippen molar-refractivity contribution in [3.05, 3.63) is 0 Å². The molecule has 6 heteroatoms. The highest BCUT2D eigenvalue weighted by molar-refractivity contribution is 4.84. The molecule has 0 aromatic rings. The van der Waals surface area contributed by atoms with E-state index >= 15 is 0 Å². The van der Waals surface area contributed by atoms with Gasteiger partial charge in [-0.25, -0.2) is 0 Å². The molecule has 0 aliphatic heterocycles. The summed E-state index contributed by atoms with van der Waals surface area (Å²) in [5.74, 6) is -4.40. The quantitative estimate of drug-likeness (QED) is 0.543. The van der Waals surface area contributed by atoms with E-state index in [0.717, 1.165) is 0 Å². The summed E-state index contributed by atoms with van der Waals surface area (Å²) < 4.78 is 73.3. The second-order valence-corrected chi connectivity index (χ2v) is 3.58. The first kappa shape index (κ1) is 11.7. The molecule has 1 aliphatic rings. The van der Waals surface area contributed by atoms with Gasteiger partial charge in [-0.2, -0.15) is 26.3 Å². The third kappa shape index (κ3) is 2.54. The van der Waals surface area contributed by atoms with Gasteiger partial charge in [0.2, 0.25) is 0 Å². The summed E-state index contributed by atoms with van der Waals surface area (Å²) in [7, 11) is 0. The van der Waals surface area contributed by atoms with Crippen molar-refractivity contribution < 1.29 is 26.3 Å². The molecular weight excluding hydrogens is 210 g/mol. The van der Waals surface area contributed by atoms with Crippen LogP contribution in [0.15, 0.2) is 0 Å². The average Bonchev–Trinajstić information content (AvgIpc) is 2.01. The maximum atomic E-state index is 12.2. The number of rotatable bonds is 0. The smallest absolute Gasteiger partial charge is 0.171 e. The minimum absolute atomic E-state index is 0.233. The minimum atomic E-state index is -4.72. The Bertz CT molecular complexity index is 169. The van der Waals surface area contributed by atoms with Crippen LogP contribution >= 0.6 is 0 Å². The molecule has 2 atom stereocenters. The predicted octanol–water partition coefficient (Wildman–Crippen LogP) is 3.92. The Balaban J connectivity index is 2.80. The van der Waals surface area contributed by atoms with E-state index in [4.69, 9.17) is 0 Å². The topological polar surface area (TPSA) is 0 Å². The van der Waals surface area contributed by atoms with E-state index in [1.54, 1.807) is 0 Å². The first-order valence-electron chi connectivity index (χ1n) is 4.36. The monoisotopic (exact) mass is 220 g/mol. The molecule has 0 aromatic carbocycles. The predicted molar refractivity (Wildman–Crippen MR) is 37.6 cm³/mol. The van der Waals surface area contributed by atoms with E-state index in [2.05, 4.69) is 0 Å². The van der Waals surface area contributed by atoms with Gasteiger partial charge in [0.15, 0.2) is 0 Å². The maximum Gasteiger partial charge on any atom is 0.392 e. The van der Waals surface area contributed by atoms with Crippen molar-refractivity contribution in [2.75, 3.05) is 0 Å². The molecule has 0 saturated heterocycles. The molecule has 0 amide bonds. The van der Waals surface area contributed by atoms with Gasteiger partial charge >= 0.3 is 12.4 Å². The van der Waals surface area contributed by atoms with Crippen LogP contribution in [-0.4, -0.2) is 12.4 Å². The van der Waals surface area contributed by atoms with Crippen LogP contribution in [0, 0.1) is 11.8 Å². The molecule has 1 rings (SSSR count). The highest BCUT2D eigenvalue weighted by Crippen LogP contribution is 2.48. The van der Waals surface area contributed by atoms with E-state index in [-0.39, 0.29) is 12.8 Å². The molecule has 1 saturated carbocycles. The van der Waals surface area contributed by atoms with Gasteiger partial charge in [0.25, 0.3) is 0 Å². The molecule has 1 aliphatic carbocycles. The van der Waals surface area contributed by atoms with Crippen molar-refractivity contribution in [3.63, 3.8) is 0 Å². The Morgan fingerprint density at radius 3 is 1.14 bits per heavy atom. The lowest BCUT2D eigenvalue weighted by Crippen LogP contribution is -2.40. The summed E-state index contributed by atoms with van der Waals surface area (Å²) >= 11 is 0. The fraction of sp³-hybridized carbons (Fsp3) is 1.00. The zero-order valence-corrected chi connectivity index (χ0v) is 7.25. The highest BCUT2D eigenvalue weighted by Gasteiger charge is 2.55. The Morgan fingerprint density at radius 2 is 0.929 bits per heavy atom. The standard InChI is InChI=1S/C8H10F6/c9-7(10,11)5-3-1-2-4-6(5)8(12,13)14/h5-6H,1-4H2/t5-,6+. The zero-order valence-electron chi connectivity index (χ0n) is 7.25. The van der Waals surface area contributed by atoms with Gasteiger partial charge in [-0.05, 0) is 12.8 Å². The van der Waals surface area contributed by atoms with Crippen molar-refractivity contribution >= 4 is 0 Å². The van der Waals surface area contributed by atoms with E-state index in [1.165, 1.54) is 0 Å². The number of alkyl halides is 6. The van der Waals surface area contributed by atoms with Gasteiger partial charge in [0, 0.05) is 0 Å². The third-order valence-electron chi connectivity index (χ3n) is 2.61. The fourth-order valence-corrected chi connectivity index (χ4v) is 1.91. The van der Waals surface area contributed by atoms with Crippen LogP contribution in [0.1, 0.15) is 25.7 Å². The molecule has 0 radical (unpaired) electrons. The van der Waals surface area contributed by atoms with Crippen LogP contribution in [-0.2, 0) is 0 Å². The molecule has 0 nitrogen and oxygen atoms in total. The Kier molecular flexibility index (Phi) is 3.02. The van der Waals surface area contributed by atoms with Crippen LogP contribution in [0.5, 0.6) is 0 Å².